The summed E-state index contributed by atoms with van der Waals surface area (Å²) in [6.45, 7) is 1.27. The summed E-state index contributed by atoms with van der Waals surface area (Å²) in [6, 6.07) is 6.28. The molecule has 0 bridgehead atoms. The number of urea groups is 1. The van der Waals surface area contributed by atoms with Crippen molar-refractivity contribution in [2.75, 3.05) is 19.7 Å². The van der Waals surface area contributed by atoms with E-state index in [1.165, 1.54) is 12.1 Å². The topological polar surface area (TPSA) is 61.9 Å². The van der Waals surface area contributed by atoms with Crippen molar-refractivity contribution in [1.29, 1.82) is 0 Å². The van der Waals surface area contributed by atoms with E-state index in [1.807, 2.05) is 0 Å². The van der Waals surface area contributed by atoms with Gasteiger partial charge in [0, 0.05) is 19.1 Å². The predicted molar refractivity (Wildman–Crippen MR) is 83.6 cm³/mol. The van der Waals surface area contributed by atoms with Gasteiger partial charge in [0.2, 0.25) is 5.91 Å². The molecule has 2 atom stereocenters. The predicted octanol–water partition coefficient (Wildman–Crippen LogP) is 1.11. The van der Waals surface area contributed by atoms with E-state index >= 15 is 0 Å². The lowest BCUT2D eigenvalue weighted by Gasteiger charge is -2.36. The number of morpholine rings is 1. The van der Waals surface area contributed by atoms with Crippen LogP contribution in [0.2, 0.25) is 0 Å². The van der Waals surface area contributed by atoms with Crippen LogP contribution in [-0.4, -0.2) is 59.6 Å². The van der Waals surface area contributed by atoms with Crippen LogP contribution in [0, 0.1) is 5.82 Å². The van der Waals surface area contributed by atoms with E-state index in [9.17, 15) is 14.0 Å². The Hall–Kier alpha value is -2.15. The molecule has 7 heteroatoms. The average Bonchev–Trinajstić information content (AvgIpc) is 3.25. The van der Waals surface area contributed by atoms with Gasteiger partial charge in [0.05, 0.1) is 18.7 Å². The number of nitrogens with one attached hydrogen (secondary N) is 1. The summed E-state index contributed by atoms with van der Waals surface area (Å²) in [4.78, 5) is 27.9. The second kappa shape index (κ2) is 6.05. The summed E-state index contributed by atoms with van der Waals surface area (Å²) in [5.41, 5.74) is 0.741. The highest BCUT2D eigenvalue weighted by atomic mass is 19.1. The molecule has 0 aromatic heterocycles. The lowest BCUT2D eigenvalue weighted by atomic mass is 10.1. The van der Waals surface area contributed by atoms with Crippen LogP contribution in [0.5, 0.6) is 0 Å². The first-order chi connectivity index (χ1) is 11.6. The number of rotatable bonds is 3. The highest BCUT2D eigenvalue weighted by molar-refractivity contribution is 5.80. The Bertz CT molecular complexity index is 664. The minimum atomic E-state index is -0.318. The van der Waals surface area contributed by atoms with E-state index in [2.05, 4.69) is 5.32 Å². The Balaban J connectivity index is 1.47. The number of halogens is 1. The summed E-state index contributed by atoms with van der Waals surface area (Å²) in [5.74, 6) is -0.438. The van der Waals surface area contributed by atoms with Crippen LogP contribution < -0.4 is 5.32 Å². The Kier molecular flexibility index (Phi) is 3.88. The molecule has 24 heavy (non-hydrogen) atoms. The van der Waals surface area contributed by atoms with Crippen LogP contribution >= 0.6 is 0 Å². The van der Waals surface area contributed by atoms with Gasteiger partial charge in [0.15, 0.2) is 0 Å². The van der Waals surface area contributed by atoms with Crippen LogP contribution in [0.3, 0.4) is 0 Å². The first-order valence-electron chi connectivity index (χ1n) is 8.31. The zero-order chi connectivity index (χ0) is 16.7. The number of amides is 3. The fraction of sp³-hybridized carbons (Fsp3) is 0.529. The van der Waals surface area contributed by atoms with Gasteiger partial charge in [-0.3, -0.25) is 4.79 Å². The summed E-state index contributed by atoms with van der Waals surface area (Å²) < 4.78 is 19.0. The molecule has 1 aromatic carbocycles. The third-order valence-electron chi connectivity index (χ3n) is 4.81. The van der Waals surface area contributed by atoms with Crippen molar-refractivity contribution in [3.8, 4) is 0 Å². The highest BCUT2D eigenvalue weighted by Gasteiger charge is 2.45. The van der Waals surface area contributed by atoms with Gasteiger partial charge in [-0.15, -0.1) is 0 Å². The number of benzene rings is 1. The van der Waals surface area contributed by atoms with Crippen molar-refractivity contribution in [3.05, 3.63) is 35.6 Å². The SMILES string of the molecule is O=C(NC1CC1)N1C[C@@H]2[C@@H](C1)OCC(=O)N2Cc1cccc(F)c1. The Morgan fingerprint density at radius 3 is 2.92 bits per heavy atom. The zero-order valence-electron chi connectivity index (χ0n) is 13.3. The maximum atomic E-state index is 13.4. The molecule has 1 aliphatic carbocycles. The molecule has 2 saturated heterocycles. The molecule has 4 rings (SSSR count). The Morgan fingerprint density at radius 2 is 2.17 bits per heavy atom. The summed E-state index contributed by atoms with van der Waals surface area (Å²) in [6.07, 6.45) is 1.89. The van der Waals surface area contributed by atoms with Crippen molar-refractivity contribution in [3.63, 3.8) is 0 Å². The van der Waals surface area contributed by atoms with E-state index in [0.717, 1.165) is 18.4 Å². The van der Waals surface area contributed by atoms with Crippen molar-refractivity contribution >= 4 is 11.9 Å². The first-order valence-corrected chi connectivity index (χ1v) is 8.31. The van der Waals surface area contributed by atoms with Crippen LogP contribution in [0.15, 0.2) is 24.3 Å². The smallest absolute Gasteiger partial charge is 0.317 e. The molecule has 128 valence electrons. The van der Waals surface area contributed by atoms with E-state index in [1.54, 1.807) is 21.9 Å². The first kappa shape index (κ1) is 15.4. The number of hydrogen-bond acceptors (Lipinski definition) is 3. The third-order valence-corrected chi connectivity index (χ3v) is 4.81. The monoisotopic (exact) mass is 333 g/mol. The second-order valence-corrected chi connectivity index (χ2v) is 6.70. The van der Waals surface area contributed by atoms with E-state index < -0.39 is 0 Å². The number of likely N-dealkylation sites (tertiary alicyclic amines) is 1. The molecular weight excluding hydrogens is 313 g/mol. The van der Waals surface area contributed by atoms with Crippen LogP contribution in [-0.2, 0) is 16.1 Å². The lowest BCUT2D eigenvalue weighted by molar-refractivity contribution is -0.153. The second-order valence-electron chi connectivity index (χ2n) is 6.70. The Labute approximate surface area is 139 Å². The van der Waals surface area contributed by atoms with Gasteiger partial charge in [-0.2, -0.15) is 0 Å². The fourth-order valence-electron chi connectivity index (χ4n) is 3.36. The molecule has 1 N–H and O–H groups in total. The summed E-state index contributed by atoms with van der Waals surface area (Å²) >= 11 is 0. The van der Waals surface area contributed by atoms with Crippen molar-refractivity contribution in [2.24, 2.45) is 0 Å². The maximum Gasteiger partial charge on any atom is 0.317 e. The molecule has 3 fully saturated rings. The zero-order valence-corrected chi connectivity index (χ0v) is 13.3. The molecule has 0 spiro atoms. The fourth-order valence-corrected chi connectivity index (χ4v) is 3.36. The van der Waals surface area contributed by atoms with Crippen LogP contribution in [0.1, 0.15) is 18.4 Å². The Morgan fingerprint density at radius 1 is 1.33 bits per heavy atom. The van der Waals surface area contributed by atoms with Crippen molar-refractivity contribution in [2.45, 2.75) is 37.6 Å². The standard InChI is InChI=1S/C17H20FN3O3/c18-12-3-1-2-11(6-12)7-21-14-8-20(17(23)19-13-4-5-13)9-15(14)24-10-16(21)22/h1-3,6,13-15H,4-5,7-10H2,(H,19,23)/t14-,15-/m1/s1. The maximum absolute atomic E-state index is 13.4. The van der Waals surface area contributed by atoms with E-state index in [4.69, 9.17) is 4.74 Å². The molecule has 2 heterocycles. The minimum absolute atomic E-state index is 0.00850. The lowest BCUT2D eigenvalue weighted by Crippen LogP contribution is -2.53. The summed E-state index contributed by atoms with van der Waals surface area (Å²) in [7, 11) is 0. The minimum Gasteiger partial charge on any atom is -0.364 e. The van der Waals surface area contributed by atoms with Gasteiger partial charge in [-0.25, -0.2) is 9.18 Å². The largest absolute Gasteiger partial charge is 0.364 e. The highest BCUT2D eigenvalue weighted by Crippen LogP contribution is 2.26. The van der Waals surface area contributed by atoms with Gasteiger partial charge in [-0.05, 0) is 30.5 Å². The van der Waals surface area contributed by atoms with E-state index in [-0.39, 0.29) is 36.5 Å². The van der Waals surface area contributed by atoms with Gasteiger partial charge in [0.1, 0.15) is 12.4 Å². The normalized spacial score (nSPS) is 26.5. The van der Waals surface area contributed by atoms with E-state index in [0.29, 0.717) is 25.7 Å². The van der Waals surface area contributed by atoms with Gasteiger partial charge >= 0.3 is 6.03 Å². The number of fused-ring (bicyclic) bond motifs is 1. The van der Waals surface area contributed by atoms with Crippen LogP contribution in [0.4, 0.5) is 9.18 Å². The molecular formula is C17H20FN3O3. The molecule has 0 radical (unpaired) electrons. The molecule has 0 unspecified atom stereocenters. The molecule has 2 aliphatic heterocycles. The molecule has 3 aliphatic rings. The van der Waals surface area contributed by atoms with Crippen molar-refractivity contribution in [1.82, 2.24) is 15.1 Å². The quantitative estimate of drug-likeness (QED) is 0.901. The van der Waals surface area contributed by atoms with Gasteiger partial charge in [0.25, 0.3) is 0 Å². The van der Waals surface area contributed by atoms with Crippen molar-refractivity contribution < 1.29 is 18.7 Å². The molecule has 1 saturated carbocycles. The number of carbonyl (C=O) groups excluding carboxylic acids is 2. The number of ether oxygens (including phenoxy) is 1. The summed E-state index contributed by atoms with van der Waals surface area (Å²) in [5, 5.41) is 2.97. The number of hydrogen-bond donors (Lipinski definition) is 1. The number of carbonyl (C=O) groups is 2. The average molecular weight is 333 g/mol. The number of nitrogens with zero attached hydrogens (tertiary/aromatic N) is 2. The molecule has 1 aromatic rings. The van der Waals surface area contributed by atoms with Gasteiger partial charge < -0.3 is 19.9 Å². The van der Waals surface area contributed by atoms with Gasteiger partial charge in [-0.1, -0.05) is 12.1 Å². The molecule has 6 nitrogen and oxygen atoms in total. The molecule has 3 amide bonds. The third kappa shape index (κ3) is 3.08. The van der Waals surface area contributed by atoms with Crippen LogP contribution in [0.25, 0.3) is 0 Å².